The summed E-state index contributed by atoms with van der Waals surface area (Å²) in [5, 5.41) is 0.750. The summed E-state index contributed by atoms with van der Waals surface area (Å²) in [6.45, 7) is 6.19. The van der Waals surface area contributed by atoms with Crippen LogP contribution < -0.4 is 15.1 Å². The summed E-state index contributed by atoms with van der Waals surface area (Å²) in [5.74, 6) is 0.523. The van der Waals surface area contributed by atoms with Gasteiger partial charge in [-0.25, -0.2) is 9.59 Å². The molecule has 0 aliphatic rings. The molecule has 0 saturated carbocycles. The number of esters is 1. The molecular weight excluding hydrogens is 372 g/mol. The molecule has 6 heteroatoms. The lowest BCUT2D eigenvalue weighted by molar-refractivity contribution is -0.147. The Labute approximate surface area is 169 Å². The third-order valence-corrected chi connectivity index (χ3v) is 4.49. The first-order valence-corrected chi connectivity index (χ1v) is 9.52. The van der Waals surface area contributed by atoms with Gasteiger partial charge >= 0.3 is 11.6 Å². The first-order valence-electron chi connectivity index (χ1n) is 9.52. The van der Waals surface area contributed by atoms with Gasteiger partial charge in [-0.15, -0.1) is 0 Å². The third kappa shape index (κ3) is 5.16. The number of carbonyl (C=O) groups excluding carboxylic acids is 1. The van der Waals surface area contributed by atoms with E-state index < -0.39 is 11.6 Å². The number of aryl methyl sites for hydroxylation is 2. The van der Waals surface area contributed by atoms with Crippen LogP contribution in [0.3, 0.4) is 0 Å². The first-order chi connectivity index (χ1) is 14.0. The lowest BCUT2D eigenvalue weighted by Gasteiger charge is -2.12. The van der Waals surface area contributed by atoms with Crippen molar-refractivity contribution >= 4 is 16.9 Å². The van der Waals surface area contributed by atoms with Gasteiger partial charge in [-0.05, 0) is 55.7 Å². The average molecular weight is 396 g/mol. The van der Waals surface area contributed by atoms with Gasteiger partial charge in [0, 0.05) is 17.0 Å². The summed E-state index contributed by atoms with van der Waals surface area (Å²) in [6, 6.07) is 12.3. The second-order valence-electron chi connectivity index (χ2n) is 6.77. The van der Waals surface area contributed by atoms with Gasteiger partial charge in [0.2, 0.25) is 0 Å². The fourth-order valence-corrected chi connectivity index (χ4v) is 2.84. The largest absolute Gasteiger partial charge is 0.490 e. The predicted octanol–water partition coefficient (Wildman–Crippen LogP) is 4.32. The highest BCUT2D eigenvalue weighted by Gasteiger charge is 2.12. The minimum absolute atomic E-state index is 0.0409. The molecule has 0 saturated heterocycles. The number of hydrogen-bond donors (Lipinski definition) is 0. The zero-order chi connectivity index (χ0) is 20.8. The maximum absolute atomic E-state index is 12.2. The number of para-hydroxylation sites is 2. The number of rotatable bonds is 8. The van der Waals surface area contributed by atoms with Crippen LogP contribution in [0.5, 0.6) is 11.5 Å². The molecule has 6 nitrogen and oxygen atoms in total. The van der Waals surface area contributed by atoms with E-state index in [9.17, 15) is 9.59 Å². The van der Waals surface area contributed by atoms with E-state index >= 15 is 0 Å². The molecule has 0 aliphatic heterocycles. The summed E-state index contributed by atoms with van der Waals surface area (Å²) in [6.07, 6.45) is 0.869. The minimum atomic E-state index is -0.541. The lowest BCUT2D eigenvalue weighted by atomic mass is 10.0. The van der Waals surface area contributed by atoms with Crippen LogP contribution >= 0.6 is 0 Å². The maximum Gasteiger partial charge on any atom is 0.344 e. The van der Waals surface area contributed by atoms with Crippen molar-refractivity contribution in [2.75, 3.05) is 13.2 Å². The molecular formula is C23H24O6. The van der Waals surface area contributed by atoms with E-state index in [0.29, 0.717) is 29.3 Å². The zero-order valence-electron chi connectivity index (χ0n) is 16.8. The van der Waals surface area contributed by atoms with Crippen molar-refractivity contribution in [2.45, 2.75) is 33.8 Å². The van der Waals surface area contributed by atoms with E-state index in [2.05, 4.69) is 0 Å². The van der Waals surface area contributed by atoms with Crippen molar-refractivity contribution in [3.8, 4) is 11.5 Å². The van der Waals surface area contributed by atoms with Crippen LogP contribution in [0, 0.1) is 13.8 Å². The van der Waals surface area contributed by atoms with Crippen LogP contribution in [0.1, 0.15) is 30.0 Å². The van der Waals surface area contributed by atoms with Crippen LogP contribution in [-0.4, -0.2) is 19.2 Å². The maximum atomic E-state index is 12.2. The molecule has 3 rings (SSSR count). The Morgan fingerprint density at radius 1 is 1.00 bits per heavy atom. The quantitative estimate of drug-likeness (QED) is 0.417. The standard InChI is InChI=1S/C23H24O6/c1-4-9-26-19-7-5-6-8-20(19)27-14-23(25)28-13-17-12-22(24)29-21-11-16(3)15(2)10-18(17)21/h5-8,10-12H,4,9,13-14H2,1-3H3. The van der Waals surface area contributed by atoms with Gasteiger partial charge in [-0.1, -0.05) is 19.1 Å². The van der Waals surface area contributed by atoms with Crippen molar-refractivity contribution in [3.63, 3.8) is 0 Å². The van der Waals surface area contributed by atoms with Gasteiger partial charge in [0.25, 0.3) is 0 Å². The highest BCUT2D eigenvalue weighted by molar-refractivity contribution is 5.82. The van der Waals surface area contributed by atoms with Gasteiger partial charge in [-0.2, -0.15) is 0 Å². The highest BCUT2D eigenvalue weighted by Crippen LogP contribution is 2.26. The van der Waals surface area contributed by atoms with Gasteiger partial charge in [0.1, 0.15) is 12.2 Å². The molecule has 0 bridgehead atoms. The van der Waals surface area contributed by atoms with Gasteiger partial charge in [0.05, 0.1) is 6.61 Å². The second kappa shape index (κ2) is 9.28. The Morgan fingerprint density at radius 2 is 1.69 bits per heavy atom. The van der Waals surface area contributed by atoms with Gasteiger partial charge in [-0.3, -0.25) is 0 Å². The summed E-state index contributed by atoms with van der Waals surface area (Å²) in [5.41, 5.74) is 2.67. The zero-order valence-corrected chi connectivity index (χ0v) is 16.8. The van der Waals surface area contributed by atoms with E-state index in [1.807, 2.05) is 39.0 Å². The van der Waals surface area contributed by atoms with Crippen LogP contribution in [-0.2, 0) is 16.1 Å². The van der Waals surface area contributed by atoms with Crippen molar-refractivity contribution in [2.24, 2.45) is 0 Å². The number of benzene rings is 2. The average Bonchev–Trinajstić information content (AvgIpc) is 2.70. The Balaban J connectivity index is 1.66. The van der Waals surface area contributed by atoms with E-state index in [-0.39, 0.29) is 13.2 Å². The number of carbonyl (C=O) groups is 1. The Morgan fingerprint density at radius 3 is 2.41 bits per heavy atom. The molecule has 0 N–H and O–H groups in total. The van der Waals surface area contributed by atoms with Crippen molar-refractivity contribution in [3.05, 3.63) is 69.6 Å². The van der Waals surface area contributed by atoms with Gasteiger partial charge in [0.15, 0.2) is 18.1 Å². The van der Waals surface area contributed by atoms with Crippen LogP contribution in [0.4, 0.5) is 0 Å². The Bertz CT molecular complexity index is 1070. The summed E-state index contributed by atoms with van der Waals surface area (Å²) in [4.78, 5) is 24.0. The van der Waals surface area contributed by atoms with Crippen LogP contribution in [0.2, 0.25) is 0 Å². The molecule has 152 valence electrons. The monoisotopic (exact) mass is 396 g/mol. The van der Waals surface area contributed by atoms with E-state index in [4.69, 9.17) is 18.6 Å². The number of hydrogen-bond acceptors (Lipinski definition) is 6. The molecule has 29 heavy (non-hydrogen) atoms. The molecule has 1 heterocycles. The second-order valence-corrected chi connectivity index (χ2v) is 6.77. The number of fused-ring (bicyclic) bond motifs is 1. The van der Waals surface area contributed by atoms with Gasteiger partial charge < -0.3 is 18.6 Å². The van der Waals surface area contributed by atoms with E-state index in [0.717, 1.165) is 22.9 Å². The normalized spacial score (nSPS) is 10.7. The molecule has 0 unspecified atom stereocenters. The molecule has 0 atom stereocenters. The van der Waals surface area contributed by atoms with E-state index in [1.54, 1.807) is 18.2 Å². The predicted molar refractivity (Wildman–Crippen MR) is 109 cm³/mol. The summed E-state index contributed by atoms with van der Waals surface area (Å²) >= 11 is 0. The molecule has 2 aromatic carbocycles. The molecule has 0 aliphatic carbocycles. The Hall–Kier alpha value is -3.28. The molecule has 0 spiro atoms. The van der Waals surface area contributed by atoms with Crippen LogP contribution in [0.15, 0.2) is 51.7 Å². The summed E-state index contributed by atoms with van der Waals surface area (Å²) in [7, 11) is 0. The molecule has 0 fully saturated rings. The van der Waals surface area contributed by atoms with Crippen molar-refractivity contribution in [1.29, 1.82) is 0 Å². The Kier molecular flexibility index (Phi) is 6.54. The highest BCUT2D eigenvalue weighted by atomic mass is 16.6. The van der Waals surface area contributed by atoms with Crippen molar-refractivity contribution < 1.29 is 23.4 Å². The summed E-state index contributed by atoms with van der Waals surface area (Å²) < 4.78 is 21.7. The fourth-order valence-electron chi connectivity index (χ4n) is 2.84. The van der Waals surface area contributed by atoms with E-state index in [1.165, 1.54) is 6.07 Å². The minimum Gasteiger partial charge on any atom is -0.490 e. The molecule has 0 amide bonds. The molecule has 0 radical (unpaired) electrons. The molecule has 1 aromatic heterocycles. The van der Waals surface area contributed by atoms with Crippen molar-refractivity contribution in [1.82, 2.24) is 0 Å². The topological polar surface area (TPSA) is 75.0 Å². The smallest absolute Gasteiger partial charge is 0.344 e. The number of ether oxygens (including phenoxy) is 3. The first kappa shape index (κ1) is 20.5. The van der Waals surface area contributed by atoms with Crippen LogP contribution in [0.25, 0.3) is 11.0 Å². The fraction of sp³-hybridized carbons (Fsp3) is 0.304. The SMILES string of the molecule is CCCOc1ccccc1OCC(=O)OCc1cc(=O)oc2cc(C)c(C)cc12. The molecule has 3 aromatic rings. The third-order valence-electron chi connectivity index (χ3n) is 4.49. The lowest BCUT2D eigenvalue weighted by Crippen LogP contribution is -2.16.